The van der Waals surface area contributed by atoms with Crippen molar-refractivity contribution in [1.29, 1.82) is 0 Å². The molecule has 1 amide bonds. The Balaban J connectivity index is 2.07. The van der Waals surface area contributed by atoms with Crippen molar-refractivity contribution in [2.75, 3.05) is 18.6 Å². The van der Waals surface area contributed by atoms with Gasteiger partial charge in [-0.15, -0.1) is 0 Å². The SMILES string of the molecule is CCCCn1c(S[C@@H](C)C(=O)N(C)[C@H]2CCS(=O)(=O)C2)nc(C)c1C. The van der Waals surface area contributed by atoms with E-state index in [2.05, 4.69) is 23.4 Å². The fourth-order valence-electron chi connectivity index (χ4n) is 3.05. The molecule has 1 fully saturated rings. The second-order valence-corrected chi connectivity index (χ2v) is 10.4. The van der Waals surface area contributed by atoms with Crippen LogP contribution < -0.4 is 0 Å². The molecule has 8 heteroatoms. The summed E-state index contributed by atoms with van der Waals surface area (Å²) in [5.74, 6) is 0.222. The maximum Gasteiger partial charge on any atom is 0.235 e. The fourth-order valence-corrected chi connectivity index (χ4v) is 5.95. The number of hydrogen-bond acceptors (Lipinski definition) is 5. The molecule has 1 aliphatic rings. The number of thioether (sulfide) groups is 1. The van der Waals surface area contributed by atoms with Crippen molar-refractivity contribution in [1.82, 2.24) is 14.5 Å². The zero-order valence-electron chi connectivity index (χ0n) is 15.8. The van der Waals surface area contributed by atoms with Gasteiger partial charge in [0.15, 0.2) is 15.0 Å². The van der Waals surface area contributed by atoms with Crippen LogP contribution in [0, 0.1) is 13.8 Å². The number of carbonyl (C=O) groups is 1. The van der Waals surface area contributed by atoms with Crippen LogP contribution in [0.2, 0.25) is 0 Å². The van der Waals surface area contributed by atoms with Gasteiger partial charge < -0.3 is 9.47 Å². The molecular formula is C17H29N3O3S2. The number of hydrogen-bond donors (Lipinski definition) is 0. The highest BCUT2D eigenvalue weighted by Gasteiger charge is 2.34. The van der Waals surface area contributed by atoms with Crippen LogP contribution >= 0.6 is 11.8 Å². The summed E-state index contributed by atoms with van der Waals surface area (Å²) in [5, 5.41) is 0.576. The normalized spacial score (nSPS) is 20.6. The zero-order chi connectivity index (χ0) is 18.8. The molecule has 2 rings (SSSR count). The van der Waals surface area contributed by atoms with Gasteiger partial charge in [-0.3, -0.25) is 4.79 Å². The van der Waals surface area contributed by atoms with Crippen molar-refractivity contribution in [3.05, 3.63) is 11.4 Å². The summed E-state index contributed by atoms with van der Waals surface area (Å²) >= 11 is 1.46. The molecule has 0 radical (unpaired) electrons. The number of amides is 1. The summed E-state index contributed by atoms with van der Waals surface area (Å²) in [4.78, 5) is 19.0. The Morgan fingerprint density at radius 1 is 1.44 bits per heavy atom. The number of aryl methyl sites for hydroxylation is 1. The largest absolute Gasteiger partial charge is 0.341 e. The van der Waals surface area contributed by atoms with Gasteiger partial charge in [0.25, 0.3) is 0 Å². The molecule has 0 aliphatic carbocycles. The number of unbranched alkanes of at least 4 members (excludes halogenated alkanes) is 1. The predicted octanol–water partition coefficient (Wildman–Crippen LogP) is 2.43. The summed E-state index contributed by atoms with van der Waals surface area (Å²) in [6.45, 7) is 8.98. The Labute approximate surface area is 155 Å². The third kappa shape index (κ3) is 4.78. The fraction of sp³-hybridized carbons (Fsp3) is 0.765. The Morgan fingerprint density at radius 2 is 2.12 bits per heavy atom. The summed E-state index contributed by atoms with van der Waals surface area (Å²) in [6.07, 6.45) is 2.71. The van der Waals surface area contributed by atoms with Crippen LogP contribution in [0.15, 0.2) is 5.16 Å². The third-order valence-corrected chi connectivity index (χ3v) is 7.72. The Hall–Kier alpha value is -1.02. The second-order valence-electron chi connectivity index (χ2n) is 6.84. The van der Waals surface area contributed by atoms with Crippen molar-refractivity contribution in [3.63, 3.8) is 0 Å². The van der Waals surface area contributed by atoms with Crippen LogP contribution in [0.5, 0.6) is 0 Å². The van der Waals surface area contributed by atoms with Gasteiger partial charge in [-0.05, 0) is 33.6 Å². The summed E-state index contributed by atoms with van der Waals surface area (Å²) in [6, 6.07) is -0.205. The average molecular weight is 388 g/mol. The van der Waals surface area contributed by atoms with Crippen molar-refractivity contribution >= 4 is 27.5 Å². The van der Waals surface area contributed by atoms with Gasteiger partial charge in [-0.2, -0.15) is 0 Å². The highest BCUT2D eigenvalue weighted by atomic mass is 32.2. The quantitative estimate of drug-likeness (QED) is 0.672. The van der Waals surface area contributed by atoms with Gasteiger partial charge in [0.2, 0.25) is 5.91 Å². The lowest BCUT2D eigenvalue weighted by Crippen LogP contribution is -2.41. The van der Waals surface area contributed by atoms with Crippen molar-refractivity contribution in [3.8, 4) is 0 Å². The van der Waals surface area contributed by atoms with E-state index >= 15 is 0 Å². The topological polar surface area (TPSA) is 72.3 Å². The van der Waals surface area contributed by atoms with E-state index < -0.39 is 9.84 Å². The van der Waals surface area contributed by atoms with E-state index in [9.17, 15) is 13.2 Å². The van der Waals surface area contributed by atoms with E-state index in [-0.39, 0.29) is 28.7 Å². The first kappa shape index (κ1) is 20.3. The standard InChI is InChI=1S/C17H29N3O3S2/c1-6-7-9-20-13(3)12(2)18-17(20)24-14(4)16(21)19(5)15-8-10-25(22,23)11-15/h14-15H,6-11H2,1-5H3/t14-,15-/m0/s1. The maximum atomic E-state index is 12.7. The van der Waals surface area contributed by atoms with E-state index in [1.54, 1.807) is 11.9 Å². The molecule has 1 aromatic heterocycles. The van der Waals surface area contributed by atoms with Gasteiger partial charge in [-0.1, -0.05) is 25.1 Å². The van der Waals surface area contributed by atoms with Crippen LogP contribution in [0.25, 0.3) is 0 Å². The molecule has 1 aliphatic heterocycles. The first-order valence-corrected chi connectivity index (χ1v) is 11.5. The third-order valence-electron chi connectivity index (χ3n) is 4.89. The van der Waals surface area contributed by atoms with Crippen molar-refractivity contribution in [2.45, 2.75) is 70.0 Å². The van der Waals surface area contributed by atoms with Crippen molar-refractivity contribution < 1.29 is 13.2 Å². The van der Waals surface area contributed by atoms with Gasteiger partial charge >= 0.3 is 0 Å². The lowest BCUT2D eigenvalue weighted by atomic mass is 10.2. The van der Waals surface area contributed by atoms with E-state index in [0.29, 0.717) is 6.42 Å². The molecule has 0 saturated carbocycles. The average Bonchev–Trinajstić information content (AvgIpc) is 3.04. The number of sulfone groups is 1. The Bertz CT molecular complexity index is 728. The van der Waals surface area contributed by atoms with Crippen LogP contribution in [-0.4, -0.2) is 58.6 Å². The van der Waals surface area contributed by atoms with Crippen LogP contribution in [0.4, 0.5) is 0 Å². The van der Waals surface area contributed by atoms with Gasteiger partial charge in [0.05, 0.1) is 22.4 Å². The summed E-state index contributed by atoms with van der Waals surface area (Å²) in [7, 11) is -1.28. The minimum atomic E-state index is -3.00. The predicted molar refractivity (Wildman–Crippen MR) is 102 cm³/mol. The molecule has 2 heterocycles. The van der Waals surface area contributed by atoms with Gasteiger partial charge in [0.1, 0.15) is 0 Å². The highest BCUT2D eigenvalue weighted by molar-refractivity contribution is 8.00. The smallest absolute Gasteiger partial charge is 0.235 e. The molecule has 0 aromatic carbocycles. The highest BCUT2D eigenvalue weighted by Crippen LogP contribution is 2.28. The summed E-state index contributed by atoms with van der Waals surface area (Å²) < 4.78 is 25.5. The molecule has 2 atom stereocenters. The van der Waals surface area contributed by atoms with Crippen molar-refractivity contribution in [2.24, 2.45) is 0 Å². The Morgan fingerprint density at radius 3 is 2.68 bits per heavy atom. The molecule has 0 spiro atoms. The molecule has 1 saturated heterocycles. The number of nitrogens with zero attached hydrogens (tertiary/aromatic N) is 3. The second kappa shape index (κ2) is 8.12. The number of aromatic nitrogens is 2. The lowest BCUT2D eigenvalue weighted by molar-refractivity contribution is -0.130. The molecule has 0 N–H and O–H groups in total. The molecule has 142 valence electrons. The molecule has 25 heavy (non-hydrogen) atoms. The van der Waals surface area contributed by atoms with Crippen LogP contribution in [0.3, 0.4) is 0 Å². The molecule has 0 bridgehead atoms. The minimum Gasteiger partial charge on any atom is -0.341 e. The molecule has 6 nitrogen and oxygen atoms in total. The van der Waals surface area contributed by atoms with E-state index in [1.165, 1.54) is 11.8 Å². The number of rotatable bonds is 7. The van der Waals surface area contributed by atoms with Crippen LogP contribution in [0.1, 0.15) is 44.5 Å². The first-order chi connectivity index (χ1) is 11.7. The maximum absolute atomic E-state index is 12.7. The van der Waals surface area contributed by atoms with E-state index in [1.807, 2.05) is 13.8 Å². The number of imidazole rings is 1. The zero-order valence-corrected chi connectivity index (χ0v) is 17.4. The first-order valence-electron chi connectivity index (χ1n) is 8.83. The van der Waals surface area contributed by atoms with E-state index in [0.717, 1.165) is 35.9 Å². The monoisotopic (exact) mass is 387 g/mol. The molecular weight excluding hydrogens is 358 g/mol. The van der Waals surface area contributed by atoms with Gasteiger partial charge in [0, 0.05) is 25.3 Å². The summed E-state index contributed by atoms with van der Waals surface area (Å²) in [5.41, 5.74) is 2.14. The minimum absolute atomic E-state index is 0.0348. The molecule has 0 unspecified atom stereocenters. The van der Waals surface area contributed by atoms with Gasteiger partial charge in [-0.25, -0.2) is 13.4 Å². The van der Waals surface area contributed by atoms with E-state index in [4.69, 9.17) is 0 Å². The Kier molecular flexibility index (Phi) is 6.59. The lowest BCUT2D eigenvalue weighted by Gasteiger charge is -2.26. The molecule has 1 aromatic rings. The van der Waals surface area contributed by atoms with Crippen LogP contribution in [-0.2, 0) is 21.2 Å². The number of carbonyl (C=O) groups excluding carboxylic acids is 1.